The molecule has 16 heavy (non-hydrogen) atoms. The molecule has 0 aliphatic carbocycles. The zero-order valence-electron chi connectivity index (χ0n) is 10.2. The van der Waals surface area contributed by atoms with Gasteiger partial charge in [0.2, 0.25) is 0 Å². The van der Waals surface area contributed by atoms with Gasteiger partial charge in [-0.2, -0.15) is 0 Å². The van der Waals surface area contributed by atoms with Crippen LogP contribution in [0.1, 0.15) is 32.4 Å². The fourth-order valence-electron chi connectivity index (χ4n) is 1.79. The predicted octanol–water partition coefficient (Wildman–Crippen LogP) is 1.72. The maximum absolute atomic E-state index is 6.18. The molecule has 0 saturated carbocycles. The number of hydrogen-bond donors (Lipinski definition) is 2. The van der Waals surface area contributed by atoms with Crippen LogP contribution in [0.4, 0.5) is 5.82 Å². The molecule has 1 aromatic heterocycles. The molecule has 0 aromatic carbocycles. The second kappa shape index (κ2) is 5.82. The number of nitrogens with zero attached hydrogens (tertiary/aromatic N) is 1. The van der Waals surface area contributed by atoms with E-state index < -0.39 is 0 Å². The molecule has 2 unspecified atom stereocenters. The zero-order valence-corrected chi connectivity index (χ0v) is 10.2. The van der Waals surface area contributed by atoms with Crippen LogP contribution in [0.25, 0.3) is 0 Å². The first kappa shape index (κ1) is 12.9. The molecule has 0 radical (unpaired) electrons. The molecule has 4 heteroatoms. The van der Waals surface area contributed by atoms with E-state index in [-0.39, 0.29) is 12.1 Å². The second-order valence-corrected chi connectivity index (χ2v) is 4.17. The fourth-order valence-corrected chi connectivity index (χ4v) is 1.79. The lowest BCUT2D eigenvalue weighted by atomic mass is 9.94. The molecule has 0 aliphatic heterocycles. The van der Waals surface area contributed by atoms with Crippen LogP contribution in [0, 0.1) is 5.92 Å². The third kappa shape index (κ3) is 2.93. The van der Waals surface area contributed by atoms with Gasteiger partial charge in [0.05, 0.1) is 12.1 Å². The maximum Gasteiger partial charge on any atom is 0.128 e. The topological polar surface area (TPSA) is 74.2 Å². The van der Waals surface area contributed by atoms with Gasteiger partial charge in [0.25, 0.3) is 0 Å². The minimum Gasteiger partial charge on any atom is -0.383 e. The number of anilines is 1. The number of aromatic nitrogens is 1. The highest BCUT2D eigenvalue weighted by Gasteiger charge is 2.24. The van der Waals surface area contributed by atoms with Crippen LogP contribution >= 0.6 is 0 Å². The van der Waals surface area contributed by atoms with Crippen molar-refractivity contribution in [1.82, 2.24) is 4.98 Å². The predicted molar refractivity (Wildman–Crippen MR) is 65.8 cm³/mol. The maximum atomic E-state index is 6.18. The van der Waals surface area contributed by atoms with Crippen molar-refractivity contribution >= 4 is 5.82 Å². The smallest absolute Gasteiger partial charge is 0.128 e. The Morgan fingerprint density at radius 2 is 2.12 bits per heavy atom. The lowest BCUT2D eigenvalue weighted by molar-refractivity contribution is 0.0122. The van der Waals surface area contributed by atoms with E-state index in [1.807, 2.05) is 19.1 Å². The summed E-state index contributed by atoms with van der Waals surface area (Å²) in [5.74, 6) is 0.829. The molecular weight excluding hydrogens is 202 g/mol. The molecule has 90 valence electrons. The Balaban J connectivity index is 2.90. The summed E-state index contributed by atoms with van der Waals surface area (Å²) in [6.45, 7) is 6.80. The van der Waals surface area contributed by atoms with Crippen molar-refractivity contribution in [1.29, 1.82) is 0 Å². The standard InChI is InChI=1S/C12H21N3O/c1-4-16-11(8(2)3)10(13)9-6-5-7-15-12(9)14/h5-8,10-11H,4,13H2,1-3H3,(H2,14,15). The second-order valence-electron chi connectivity index (χ2n) is 4.17. The Hall–Kier alpha value is -1.13. The van der Waals surface area contributed by atoms with Gasteiger partial charge in [-0.05, 0) is 18.9 Å². The largest absolute Gasteiger partial charge is 0.383 e. The normalized spacial score (nSPS) is 15.1. The highest BCUT2D eigenvalue weighted by molar-refractivity contribution is 5.41. The average Bonchev–Trinajstić information content (AvgIpc) is 2.25. The minimum absolute atomic E-state index is 0.0310. The van der Waals surface area contributed by atoms with Crippen LogP contribution in [0.15, 0.2) is 18.3 Å². The zero-order chi connectivity index (χ0) is 12.1. The number of hydrogen-bond acceptors (Lipinski definition) is 4. The SMILES string of the molecule is CCOC(C(C)C)C(N)c1cccnc1N. The molecule has 0 bridgehead atoms. The molecule has 2 atom stereocenters. The van der Waals surface area contributed by atoms with Crippen molar-refractivity contribution in [2.75, 3.05) is 12.3 Å². The van der Waals surface area contributed by atoms with Gasteiger partial charge in [-0.3, -0.25) is 0 Å². The molecule has 0 aliphatic rings. The minimum atomic E-state index is -0.228. The fraction of sp³-hybridized carbons (Fsp3) is 0.583. The van der Waals surface area contributed by atoms with Gasteiger partial charge in [-0.15, -0.1) is 0 Å². The molecular formula is C12H21N3O. The molecule has 0 spiro atoms. The first-order valence-corrected chi connectivity index (χ1v) is 5.65. The van der Waals surface area contributed by atoms with Crippen molar-refractivity contribution < 1.29 is 4.74 Å². The summed E-state index contributed by atoms with van der Waals surface area (Å²) in [6, 6.07) is 3.52. The van der Waals surface area contributed by atoms with E-state index in [0.29, 0.717) is 18.3 Å². The molecule has 0 fully saturated rings. The molecule has 0 saturated heterocycles. The molecule has 4 N–H and O–H groups in total. The van der Waals surface area contributed by atoms with Crippen LogP contribution in [-0.2, 0) is 4.74 Å². The Bertz CT molecular complexity index is 328. The van der Waals surface area contributed by atoms with Crippen molar-refractivity contribution in [2.45, 2.75) is 32.9 Å². The Morgan fingerprint density at radius 1 is 1.44 bits per heavy atom. The molecule has 1 rings (SSSR count). The number of ether oxygens (including phenoxy) is 1. The van der Waals surface area contributed by atoms with Crippen molar-refractivity contribution in [3.8, 4) is 0 Å². The van der Waals surface area contributed by atoms with Crippen molar-refractivity contribution in [3.63, 3.8) is 0 Å². The van der Waals surface area contributed by atoms with Crippen LogP contribution < -0.4 is 11.5 Å². The van der Waals surface area contributed by atoms with Crippen LogP contribution in [0.3, 0.4) is 0 Å². The number of rotatable bonds is 5. The van der Waals surface area contributed by atoms with Gasteiger partial charge in [0.15, 0.2) is 0 Å². The van der Waals surface area contributed by atoms with Gasteiger partial charge in [0, 0.05) is 18.4 Å². The molecule has 1 aromatic rings. The van der Waals surface area contributed by atoms with Gasteiger partial charge >= 0.3 is 0 Å². The Morgan fingerprint density at radius 3 is 2.62 bits per heavy atom. The molecule has 1 heterocycles. The number of nitrogens with two attached hydrogens (primary N) is 2. The van der Waals surface area contributed by atoms with E-state index >= 15 is 0 Å². The molecule has 0 amide bonds. The Kier molecular flexibility index (Phi) is 4.71. The highest BCUT2D eigenvalue weighted by atomic mass is 16.5. The van der Waals surface area contributed by atoms with E-state index in [4.69, 9.17) is 16.2 Å². The average molecular weight is 223 g/mol. The van der Waals surface area contributed by atoms with E-state index in [1.165, 1.54) is 0 Å². The van der Waals surface area contributed by atoms with E-state index in [2.05, 4.69) is 18.8 Å². The lowest BCUT2D eigenvalue weighted by Gasteiger charge is -2.27. The summed E-state index contributed by atoms with van der Waals surface area (Å²) in [7, 11) is 0. The van der Waals surface area contributed by atoms with Gasteiger partial charge in [-0.1, -0.05) is 19.9 Å². The Labute approximate surface area is 97.0 Å². The lowest BCUT2D eigenvalue weighted by Crippen LogP contribution is -2.34. The monoisotopic (exact) mass is 223 g/mol. The van der Waals surface area contributed by atoms with E-state index in [9.17, 15) is 0 Å². The van der Waals surface area contributed by atoms with Crippen molar-refractivity contribution in [2.24, 2.45) is 11.7 Å². The van der Waals surface area contributed by atoms with Crippen LogP contribution in [-0.4, -0.2) is 17.7 Å². The summed E-state index contributed by atoms with van der Waals surface area (Å²) >= 11 is 0. The number of pyridine rings is 1. The summed E-state index contributed by atoms with van der Waals surface area (Å²) < 4.78 is 5.67. The third-order valence-electron chi connectivity index (χ3n) is 2.60. The van der Waals surface area contributed by atoms with E-state index in [1.54, 1.807) is 6.20 Å². The third-order valence-corrected chi connectivity index (χ3v) is 2.60. The van der Waals surface area contributed by atoms with E-state index in [0.717, 1.165) is 5.56 Å². The highest BCUT2D eigenvalue weighted by Crippen LogP contribution is 2.25. The van der Waals surface area contributed by atoms with Gasteiger partial charge in [0.1, 0.15) is 5.82 Å². The van der Waals surface area contributed by atoms with Crippen molar-refractivity contribution in [3.05, 3.63) is 23.9 Å². The first-order chi connectivity index (χ1) is 7.57. The number of nitrogen functional groups attached to an aromatic ring is 1. The summed E-state index contributed by atoms with van der Waals surface area (Å²) in [5.41, 5.74) is 12.8. The summed E-state index contributed by atoms with van der Waals surface area (Å²) in [6.07, 6.45) is 1.63. The van der Waals surface area contributed by atoms with Crippen LogP contribution in [0.5, 0.6) is 0 Å². The van der Waals surface area contributed by atoms with Gasteiger partial charge < -0.3 is 16.2 Å². The van der Waals surface area contributed by atoms with Gasteiger partial charge in [-0.25, -0.2) is 4.98 Å². The van der Waals surface area contributed by atoms with Crippen LogP contribution in [0.2, 0.25) is 0 Å². The first-order valence-electron chi connectivity index (χ1n) is 5.65. The quantitative estimate of drug-likeness (QED) is 0.797. The molecule has 4 nitrogen and oxygen atoms in total. The summed E-state index contributed by atoms with van der Waals surface area (Å²) in [4.78, 5) is 4.04. The summed E-state index contributed by atoms with van der Waals surface area (Å²) in [5, 5.41) is 0.